The predicted molar refractivity (Wildman–Crippen MR) is 86.2 cm³/mol. The molecule has 2 rings (SSSR count). The van der Waals surface area contributed by atoms with E-state index in [2.05, 4.69) is 4.98 Å². The van der Waals surface area contributed by atoms with Crippen LogP contribution in [-0.2, 0) is 4.65 Å². The van der Waals surface area contributed by atoms with Gasteiger partial charge in [-0.05, 0) is 45.3 Å². The van der Waals surface area contributed by atoms with Gasteiger partial charge in [0.1, 0.15) is 0 Å². The lowest BCUT2D eigenvalue weighted by Gasteiger charge is -2.38. The second-order valence-electron chi connectivity index (χ2n) is 6.30. The molecule has 5 nitrogen and oxygen atoms in total. The van der Waals surface area contributed by atoms with E-state index in [4.69, 9.17) is 4.65 Å². The summed E-state index contributed by atoms with van der Waals surface area (Å²) in [5, 5.41) is 21.2. The topological polar surface area (TPSA) is 79.6 Å². The molecule has 1 aromatic heterocycles. The van der Waals surface area contributed by atoms with Crippen LogP contribution in [0.2, 0.25) is 0 Å². The number of nitrogens with zero attached hydrogens (tertiary/aromatic N) is 1. The summed E-state index contributed by atoms with van der Waals surface area (Å²) in [6.45, 7) is 6.65. The van der Waals surface area contributed by atoms with E-state index < -0.39 is 18.3 Å². The fraction of sp³-hybridized carbons (Fsp3) is 0.375. The molecular formula is C16H20BNO4. The Labute approximate surface area is 130 Å². The van der Waals surface area contributed by atoms with Gasteiger partial charge in [0.2, 0.25) is 0 Å². The van der Waals surface area contributed by atoms with Crippen LogP contribution >= 0.6 is 0 Å². The molecule has 0 saturated carbocycles. The smallest absolute Gasteiger partial charge is 0.423 e. The van der Waals surface area contributed by atoms with E-state index in [-0.39, 0.29) is 0 Å². The first kappa shape index (κ1) is 16.6. The lowest BCUT2D eigenvalue weighted by Crippen LogP contribution is -2.53. The van der Waals surface area contributed by atoms with Crippen molar-refractivity contribution in [1.29, 1.82) is 0 Å². The molecule has 116 valence electrons. The number of aromatic nitrogens is 1. The molecule has 0 radical (unpaired) electrons. The van der Waals surface area contributed by atoms with Crippen LogP contribution in [0.15, 0.2) is 30.5 Å². The molecule has 2 aromatic rings. The van der Waals surface area contributed by atoms with Gasteiger partial charge in [0.15, 0.2) is 6.29 Å². The number of aldehydes is 1. The minimum Gasteiger partial charge on any atom is -0.423 e. The third-order valence-electron chi connectivity index (χ3n) is 4.11. The Kier molecular flexibility index (Phi) is 4.38. The van der Waals surface area contributed by atoms with Crippen molar-refractivity contribution in [1.82, 2.24) is 4.98 Å². The van der Waals surface area contributed by atoms with Crippen LogP contribution in [0.1, 0.15) is 38.1 Å². The lowest BCUT2D eigenvalue weighted by atomic mass is 9.74. The van der Waals surface area contributed by atoms with Crippen molar-refractivity contribution in [3.63, 3.8) is 0 Å². The van der Waals surface area contributed by atoms with Gasteiger partial charge in [0.05, 0.1) is 16.7 Å². The van der Waals surface area contributed by atoms with Crippen LogP contribution in [0.3, 0.4) is 0 Å². The second-order valence-corrected chi connectivity index (χ2v) is 6.30. The summed E-state index contributed by atoms with van der Waals surface area (Å²) in [7, 11) is -1.24. The highest BCUT2D eigenvalue weighted by atomic mass is 16.5. The van der Waals surface area contributed by atoms with E-state index in [0.717, 1.165) is 6.29 Å². The van der Waals surface area contributed by atoms with Gasteiger partial charge in [0, 0.05) is 17.1 Å². The summed E-state index contributed by atoms with van der Waals surface area (Å²) in [4.78, 5) is 15.3. The zero-order chi connectivity index (χ0) is 16.5. The van der Waals surface area contributed by atoms with Gasteiger partial charge < -0.3 is 14.8 Å². The highest BCUT2D eigenvalue weighted by molar-refractivity contribution is 6.63. The van der Waals surface area contributed by atoms with Crippen LogP contribution in [0.25, 0.3) is 10.9 Å². The summed E-state index contributed by atoms with van der Waals surface area (Å²) in [6.07, 6.45) is 2.32. The number of hydrogen-bond donors (Lipinski definition) is 2. The largest absolute Gasteiger partial charge is 0.492 e. The van der Waals surface area contributed by atoms with Crippen molar-refractivity contribution >= 4 is 29.8 Å². The molecule has 0 saturated heterocycles. The zero-order valence-corrected chi connectivity index (χ0v) is 13.2. The monoisotopic (exact) mass is 301 g/mol. The molecule has 22 heavy (non-hydrogen) atoms. The Bertz CT molecular complexity index is 694. The number of carbonyl (C=O) groups excluding carboxylic acids is 1. The molecule has 0 aliphatic heterocycles. The van der Waals surface area contributed by atoms with Gasteiger partial charge >= 0.3 is 7.12 Å². The number of hydrogen-bond acceptors (Lipinski definition) is 5. The Hall–Kier alpha value is -1.76. The average molecular weight is 301 g/mol. The van der Waals surface area contributed by atoms with Gasteiger partial charge in [0.25, 0.3) is 0 Å². The minimum atomic E-state index is -1.24. The summed E-state index contributed by atoms with van der Waals surface area (Å²) in [6, 6.07) is 6.74. The molecule has 2 N–H and O–H groups in total. The first-order valence-electron chi connectivity index (χ1n) is 7.08. The van der Waals surface area contributed by atoms with E-state index in [1.807, 2.05) is 0 Å². The zero-order valence-electron chi connectivity index (χ0n) is 13.2. The normalized spacial score (nSPS) is 12.5. The van der Waals surface area contributed by atoms with Crippen molar-refractivity contribution in [3.8, 4) is 0 Å². The molecule has 0 fully saturated rings. The van der Waals surface area contributed by atoms with Crippen LogP contribution in [0.5, 0.6) is 0 Å². The molecule has 0 spiro atoms. The van der Waals surface area contributed by atoms with Crippen molar-refractivity contribution in [2.45, 2.75) is 38.9 Å². The Morgan fingerprint density at radius 3 is 2.50 bits per heavy atom. The molecule has 0 amide bonds. The quantitative estimate of drug-likeness (QED) is 0.643. The number of carbonyl (C=O) groups is 1. The maximum Gasteiger partial charge on any atom is 0.492 e. The van der Waals surface area contributed by atoms with Gasteiger partial charge in [-0.15, -0.1) is 0 Å². The molecule has 6 heteroatoms. The third kappa shape index (κ3) is 3.04. The predicted octanol–water partition coefficient (Wildman–Crippen LogP) is 1.30. The molecule has 0 aliphatic carbocycles. The van der Waals surface area contributed by atoms with Gasteiger partial charge in [-0.1, -0.05) is 12.1 Å². The van der Waals surface area contributed by atoms with Crippen molar-refractivity contribution in [2.75, 3.05) is 0 Å². The summed E-state index contributed by atoms with van der Waals surface area (Å²) in [5.74, 6) is 0. The SMILES string of the molecule is CC(C)(O)C(C)(C)OB(O)c1ccc(C=O)c2ncccc12. The molecule has 0 aliphatic rings. The van der Waals surface area contributed by atoms with Crippen LogP contribution in [0, 0.1) is 0 Å². The lowest BCUT2D eigenvalue weighted by molar-refractivity contribution is -0.0982. The van der Waals surface area contributed by atoms with E-state index in [1.165, 1.54) is 0 Å². The molecule has 0 unspecified atom stereocenters. The number of fused-ring (bicyclic) bond motifs is 1. The van der Waals surface area contributed by atoms with E-state index in [1.54, 1.807) is 58.2 Å². The molecule has 0 atom stereocenters. The van der Waals surface area contributed by atoms with Crippen molar-refractivity contribution < 1.29 is 19.6 Å². The van der Waals surface area contributed by atoms with Gasteiger partial charge in [-0.2, -0.15) is 0 Å². The Balaban J connectivity index is 2.45. The highest BCUT2D eigenvalue weighted by Crippen LogP contribution is 2.26. The van der Waals surface area contributed by atoms with Crippen LogP contribution < -0.4 is 5.46 Å². The summed E-state index contributed by atoms with van der Waals surface area (Å²) >= 11 is 0. The number of rotatable bonds is 5. The number of pyridine rings is 1. The van der Waals surface area contributed by atoms with E-state index >= 15 is 0 Å². The second kappa shape index (κ2) is 5.80. The van der Waals surface area contributed by atoms with Gasteiger partial charge in [-0.25, -0.2) is 0 Å². The highest BCUT2D eigenvalue weighted by Gasteiger charge is 2.39. The van der Waals surface area contributed by atoms with Gasteiger partial charge in [-0.3, -0.25) is 9.78 Å². The van der Waals surface area contributed by atoms with Crippen molar-refractivity contribution in [3.05, 3.63) is 36.0 Å². The summed E-state index contributed by atoms with van der Waals surface area (Å²) in [5.41, 5.74) is -0.632. The molecule has 1 heterocycles. The first-order chi connectivity index (χ1) is 10.2. The first-order valence-corrected chi connectivity index (χ1v) is 7.08. The van der Waals surface area contributed by atoms with Crippen molar-refractivity contribution in [2.24, 2.45) is 0 Å². The maximum atomic E-state index is 11.1. The average Bonchev–Trinajstić information content (AvgIpc) is 2.44. The van der Waals surface area contributed by atoms with E-state index in [9.17, 15) is 14.9 Å². The minimum absolute atomic E-state index is 0.452. The van der Waals surface area contributed by atoms with Crippen LogP contribution in [0.4, 0.5) is 0 Å². The molecule has 0 bridgehead atoms. The third-order valence-corrected chi connectivity index (χ3v) is 4.11. The Morgan fingerprint density at radius 1 is 1.23 bits per heavy atom. The van der Waals surface area contributed by atoms with Crippen LogP contribution in [-0.4, -0.2) is 39.7 Å². The fourth-order valence-corrected chi connectivity index (χ4v) is 2.01. The maximum absolute atomic E-state index is 11.1. The number of aliphatic hydroxyl groups is 1. The van der Waals surface area contributed by atoms with E-state index in [0.29, 0.717) is 21.9 Å². The Morgan fingerprint density at radius 2 is 1.91 bits per heavy atom. The molecule has 1 aromatic carbocycles. The molecular weight excluding hydrogens is 281 g/mol. The summed E-state index contributed by atoms with van der Waals surface area (Å²) < 4.78 is 5.66. The number of benzene rings is 1. The fourth-order valence-electron chi connectivity index (χ4n) is 2.01. The standard InChI is InChI=1S/C16H20BNO4/c1-15(2,20)16(3,4)22-17(21)13-8-7-11(10-19)14-12(13)6-5-9-18-14/h5-10,20-21H,1-4H3.